The average molecular weight is 316 g/mol. The average Bonchev–Trinajstić information content (AvgIpc) is 3.00. The Labute approximate surface area is 134 Å². The fourth-order valence-electron chi connectivity index (χ4n) is 2.12. The topological polar surface area (TPSA) is 70.8 Å². The summed E-state index contributed by atoms with van der Waals surface area (Å²) in [6.07, 6.45) is 2.99. The van der Waals surface area contributed by atoms with Crippen LogP contribution in [0.4, 0.5) is 0 Å². The van der Waals surface area contributed by atoms with Crippen molar-refractivity contribution in [3.05, 3.63) is 36.4 Å². The summed E-state index contributed by atoms with van der Waals surface area (Å²) < 4.78 is 13.3. The number of rotatable bonds is 3. The number of fused-ring (bicyclic) bond motifs is 1. The predicted molar refractivity (Wildman–Crippen MR) is 84.8 cm³/mol. The molecule has 0 saturated heterocycles. The van der Waals surface area contributed by atoms with E-state index in [1.54, 1.807) is 11.0 Å². The molecule has 0 spiro atoms. The van der Waals surface area contributed by atoms with Gasteiger partial charge in [0.15, 0.2) is 11.5 Å². The smallest absolute Gasteiger partial charge is 0.201 e. The minimum atomic E-state index is -0.370. The van der Waals surface area contributed by atoms with Gasteiger partial charge in [-0.05, 0) is 45.9 Å². The number of benzene rings is 1. The van der Waals surface area contributed by atoms with Gasteiger partial charge >= 0.3 is 0 Å². The first-order valence-corrected chi connectivity index (χ1v) is 7.50. The van der Waals surface area contributed by atoms with E-state index in [-0.39, 0.29) is 11.7 Å². The van der Waals surface area contributed by atoms with Crippen LogP contribution in [0.5, 0.6) is 11.5 Å². The van der Waals surface area contributed by atoms with E-state index in [2.05, 4.69) is 15.2 Å². The second-order valence-corrected chi connectivity index (χ2v) is 6.22. The Morgan fingerprint density at radius 1 is 1.35 bits per heavy atom. The van der Waals surface area contributed by atoms with E-state index in [9.17, 15) is 0 Å². The number of nitrogens with zero attached hydrogens (tertiary/aromatic N) is 4. The Balaban J connectivity index is 1.99. The zero-order valence-corrected chi connectivity index (χ0v) is 13.7. The highest BCUT2D eigenvalue weighted by Gasteiger charge is 2.28. The highest BCUT2D eigenvalue weighted by molar-refractivity contribution is 5.99. The van der Waals surface area contributed by atoms with Gasteiger partial charge in [0.05, 0.1) is 0 Å². The second-order valence-electron chi connectivity index (χ2n) is 6.22. The molecule has 0 aliphatic carbocycles. The van der Waals surface area contributed by atoms with Crippen LogP contribution < -0.4 is 9.47 Å². The third kappa shape index (κ3) is 3.44. The van der Waals surface area contributed by atoms with Gasteiger partial charge in [0, 0.05) is 5.56 Å². The minimum absolute atomic E-state index is 0.0373. The third-order valence-electron chi connectivity index (χ3n) is 3.15. The van der Waals surface area contributed by atoms with Crippen molar-refractivity contribution in [1.82, 2.24) is 14.8 Å². The molecule has 122 valence electrons. The minimum Gasteiger partial charge on any atom is -0.486 e. The maximum atomic E-state index is 5.99. The number of ether oxygens (including phenoxy) is 2. The molecule has 1 aliphatic rings. The van der Waals surface area contributed by atoms with E-state index in [1.807, 2.05) is 45.9 Å². The molecule has 0 N–H and O–H groups in total. The quantitative estimate of drug-likeness (QED) is 0.494. The molecule has 0 unspecified atom stereocenters. The van der Waals surface area contributed by atoms with Gasteiger partial charge in [0.2, 0.25) is 5.84 Å². The van der Waals surface area contributed by atoms with Crippen LogP contribution in [0.25, 0.3) is 0 Å². The van der Waals surface area contributed by atoms with Crippen molar-refractivity contribution >= 4 is 5.84 Å². The van der Waals surface area contributed by atoms with Crippen molar-refractivity contribution in [3.63, 3.8) is 0 Å². The molecular weight excluding hydrogens is 296 g/mol. The Hall–Kier alpha value is -2.57. The fraction of sp³-hybridized carbons (Fsp3) is 0.438. The maximum absolute atomic E-state index is 5.99. The lowest BCUT2D eigenvalue weighted by Crippen LogP contribution is -2.38. The summed E-state index contributed by atoms with van der Waals surface area (Å²) in [5.41, 5.74) is 0.432. The van der Waals surface area contributed by atoms with Crippen LogP contribution in [0.3, 0.4) is 0 Å². The molecule has 1 aromatic carbocycles. The largest absolute Gasteiger partial charge is 0.486 e. The summed E-state index contributed by atoms with van der Waals surface area (Å²) in [4.78, 5) is 9.36. The van der Waals surface area contributed by atoms with E-state index < -0.39 is 0 Å². The lowest BCUT2D eigenvalue weighted by atomic mass is 10.1. The first-order chi connectivity index (χ1) is 10.9. The molecule has 2 aromatic rings. The van der Waals surface area contributed by atoms with Crippen molar-refractivity contribution in [3.8, 4) is 11.5 Å². The number of hydrogen-bond donors (Lipinski definition) is 0. The van der Waals surface area contributed by atoms with Gasteiger partial charge in [0.25, 0.3) is 0 Å². The molecule has 0 amide bonds. The molecule has 0 radical (unpaired) electrons. The van der Waals surface area contributed by atoms with Crippen LogP contribution in [0.2, 0.25) is 0 Å². The van der Waals surface area contributed by atoms with Crippen molar-refractivity contribution < 1.29 is 14.3 Å². The van der Waals surface area contributed by atoms with E-state index in [0.717, 1.165) is 11.3 Å². The molecule has 0 bridgehead atoms. The summed E-state index contributed by atoms with van der Waals surface area (Å²) >= 11 is 0. The molecular formula is C16H20N4O3. The monoisotopic (exact) mass is 316 g/mol. The second kappa shape index (κ2) is 5.91. The Morgan fingerprint density at radius 2 is 2.17 bits per heavy atom. The van der Waals surface area contributed by atoms with E-state index in [4.69, 9.17) is 14.3 Å². The van der Waals surface area contributed by atoms with Crippen molar-refractivity contribution in [2.24, 2.45) is 5.16 Å². The summed E-state index contributed by atoms with van der Waals surface area (Å²) in [6, 6.07) is 5.63. The van der Waals surface area contributed by atoms with Gasteiger partial charge in [-0.3, -0.25) is 0 Å². The zero-order chi connectivity index (χ0) is 16.4. The molecule has 23 heavy (non-hydrogen) atoms. The van der Waals surface area contributed by atoms with Crippen LogP contribution in [-0.4, -0.2) is 38.9 Å². The van der Waals surface area contributed by atoms with Gasteiger partial charge in [0.1, 0.15) is 31.0 Å². The van der Waals surface area contributed by atoms with Crippen LogP contribution in [0.1, 0.15) is 33.3 Å². The highest BCUT2D eigenvalue weighted by atomic mass is 16.6. The van der Waals surface area contributed by atoms with E-state index >= 15 is 0 Å². The molecule has 0 fully saturated rings. The summed E-state index contributed by atoms with van der Waals surface area (Å²) in [6.45, 7) is 8.30. The molecule has 0 saturated carbocycles. The van der Waals surface area contributed by atoms with Gasteiger partial charge in [-0.25, -0.2) is 4.98 Å². The molecule has 7 heteroatoms. The van der Waals surface area contributed by atoms with Gasteiger partial charge in [-0.2, -0.15) is 9.78 Å². The molecule has 1 aliphatic heterocycles. The van der Waals surface area contributed by atoms with Gasteiger partial charge in [-0.1, -0.05) is 5.16 Å². The summed E-state index contributed by atoms with van der Waals surface area (Å²) in [5.74, 6) is 1.93. The fourth-order valence-corrected chi connectivity index (χ4v) is 2.12. The number of oxime groups is 1. The van der Waals surface area contributed by atoms with Gasteiger partial charge < -0.3 is 14.3 Å². The standard InChI is InChI=1S/C16H20N4O3/c1-11(2)23-19-15(20-10-17-9-18-20)12-5-6-13-14(7-12)22-16(3,4)8-21-13/h5-7,9-11H,8H2,1-4H3/b19-15-. The summed E-state index contributed by atoms with van der Waals surface area (Å²) in [7, 11) is 0. The molecule has 0 atom stereocenters. The van der Waals surface area contributed by atoms with Crippen LogP contribution in [0.15, 0.2) is 36.0 Å². The summed E-state index contributed by atoms with van der Waals surface area (Å²) in [5, 5.41) is 8.34. The van der Waals surface area contributed by atoms with Crippen molar-refractivity contribution in [2.45, 2.75) is 39.4 Å². The number of hydrogen-bond acceptors (Lipinski definition) is 6. The highest BCUT2D eigenvalue weighted by Crippen LogP contribution is 2.36. The molecule has 7 nitrogen and oxygen atoms in total. The Morgan fingerprint density at radius 3 is 2.87 bits per heavy atom. The van der Waals surface area contributed by atoms with Gasteiger partial charge in [-0.15, -0.1) is 0 Å². The van der Waals surface area contributed by atoms with Crippen LogP contribution in [-0.2, 0) is 4.84 Å². The Bertz CT molecular complexity index is 708. The van der Waals surface area contributed by atoms with E-state index in [1.165, 1.54) is 6.33 Å². The van der Waals surface area contributed by atoms with Crippen molar-refractivity contribution in [1.29, 1.82) is 0 Å². The normalized spacial score (nSPS) is 16.5. The molecule has 3 rings (SSSR count). The van der Waals surface area contributed by atoms with Crippen molar-refractivity contribution in [2.75, 3.05) is 6.61 Å². The molecule has 1 aromatic heterocycles. The predicted octanol–water partition coefficient (Wildman–Crippen LogP) is 2.46. The third-order valence-corrected chi connectivity index (χ3v) is 3.15. The van der Waals surface area contributed by atoms with Crippen LogP contribution in [0, 0.1) is 0 Å². The van der Waals surface area contributed by atoms with Crippen LogP contribution >= 0.6 is 0 Å². The zero-order valence-electron chi connectivity index (χ0n) is 13.7. The first kappa shape index (κ1) is 15.3. The Kier molecular flexibility index (Phi) is 3.94. The van der Waals surface area contributed by atoms with E-state index in [0.29, 0.717) is 18.2 Å². The lowest BCUT2D eigenvalue weighted by Gasteiger charge is -2.32. The SMILES string of the molecule is CC(C)O/N=C(/c1ccc2c(c1)OC(C)(C)CO2)n1cncn1. The number of aromatic nitrogens is 3. The first-order valence-electron chi connectivity index (χ1n) is 7.50. The lowest BCUT2D eigenvalue weighted by molar-refractivity contribution is 0.0213. The molecule has 2 heterocycles. The maximum Gasteiger partial charge on any atom is 0.201 e.